The summed E-state index contributed by atoms with van der Waals surface area (Å²) in [6, 6.07) is 4.94. The van der Waals surface area contributed by atoms with Gasteiger partial charge in [-0.3, -0.25) is 19.3 Å². The number of hydrogen-bond donors (Lipinski definition) is 2. The second-order valence-corrected chi connectivity index (χ2v) is 8.61. The number of amides is 3. The second-order valence-electron chi connectivity index (χ2n) is 8.20. The van der Waals surface area contributed by atoms with E-state index in [4.69, 9.17) is 16.3 Å². The van der Waals surface area contributed by atoms with Gasteiger partial charge in [0.1, 0.15) is 0 Å². The number of benzene rings is 1. The van der Waals surface area contributed by atoms with Crippen LogP contribution in [-0.2, 0) is 19.1 Å². The fourth-order valence-corrected chi connectivity index (χ4v) is 4.32. The van der Waals surface area contributed by atoms with Crippen LogP contribution in [0.2, 0.25) is 5.02 Å². The minimum atomic E-state index is -0.493. The molecule has 1 atom stereocenters. The van der Waals surface area contributed by atoms with Crippen molar-refractivity contribution < 1.29 is 19.1 Å². The summed E-state index contributed by atoms with van der Waals surface area (Å²) < 4.78 is 5.35. The van der Waals surface area contributed by atoms with Crippen molar-refractivity contribution in [1.82, 2.24) is 9.80 Å². The number of nitrogens with zero attached hydrogens (tertiary/aromatic N) is 2. The van der Waals surface area contributed by atoms with Crippen LogP contribution in [0.4, 0.5) is 11.4 Å². The molecule has 0 radical (unpaired) electrons. The first-order valence-corrected chi connectivity index (χ1v) is 10.6. The molecule has 0 bridgehead atoms. The molecule has 164 valence electrons. The molecule has 3 amide bonds. The Hall–Kier alpha value is -2.16. The minimum Gasteiger partial charge on any atom is -0.378 e. The lowest BCUT2D eigenvalue weighted by atomic mass is 9.80. The number of ether oxygens (including phenoxy) is 1. The van der Waals surface area contributed by atoms with Crippen LogP contribution in [-0.4, -0.2) is 73.5 Å². The van der Waals surface area contributed by atoms with E-state index in [1.807, 2.05) is 16.7 Å². The molecule has 1 aromatic carbocycles. The van der Waals surface area contributed by atoms with E-state index < -0.39 is 5.41 Å². The lowest BCUT2D eigenvalue weighted by molar-refractivity contribution is -0.149. The van der Waals surface area contributed by atoms with Gasteiger partial charge in [0.15, 0.2) is 0 Å². The normalized spacial score (nSPS) is 22.4. The van der Waals surface area contributed by atoms with Gasteiger partial charge in [0, 0.05) is 32.2 Å². The fraction of sp³-hybridized carbons (Fsp3) is 0.571. The Morgan fingerprint density at radius 2 is 1.90 bits per heavy atom. The summed E-state index contributed by atoms with van der Waals surface area (Å²) in [7, 11) is 0. The van der Waals surface area contributed by atoms with Gasteiger partial charge >= 0.3 is 0 Å². The summed E-state index contributed by atoms with van der Waals surface area (Å²) in [5.74, 6) is -0.234. The Labute approximate surface area is 181 Å². The molecule has 3 rings (SSSR count). The SMILES string of the molecule is CC(=O)Nc1ccc(NC(=O)CN2CCC[C@](C)(C(=O)N3CCOCC3)C2)c(Cl)c1. The number of carbonyl (C=O) groups is 3. The average molecular weight is 437 g/mol. The number of likely N-dealkylation sites (tertiary alicyclic amines) is 1. The molecule has 0 aromatic heterocycles. The van der Waals surface area contributed by atoms with E-state index in [0.717, 1.165) is 19.4 Å². The number of nitrogens with one attached hydrogen (secondary N) is 2. The van der Waals surface area contributed by atoms with Gasteiger partial charge in [-0.25, -0.2) is 0 Å². The largest absolute Gasteiger partial charge is 0.378 e. The average Bonchev–Trinajstić information content (AvgIpc) is 2.70. The first kappa shape index (κ1) is 22.5. The van der Waals surface area contributed by atoms with Gasteiger partial charge < -0.3 is 20.3 Å². The lowest BCUT2D eigenvalue weighted by Crippen LogP contribution is -2.54. The first-order valence-electron chi connectivity index (χ1n) is 10.2. The molecule has 2 aliphatic heterocycles. The fourth-order valence-electron chi connectivity index (χ4n) is 4.09. The molecule has 2 fully saturated rings. The van der Waals surface area contributed by atoms with Crippen molar-refractivity contribution in [3.63, 3.8) is 0 Å². The lowest BCUT2D eigenvalue weighted by Gasteiger charge is -2.42. The molecule has 0 aliphatic carbocycles. The van der Waals surface area contributed by atoms with Crippen LogP contribution in [0.5, 0.6) is 0 Å². The monoisotopic (exact) mass is 436 g/mol. The molecule has 1 aromatic rings. The Kier molecular flexibility index (Phi) is 7.33. The Morgan fingerprint density at radius 1 is 1.17 bits per heavy atom. The van der Waals surface area contributed by atoms with Crippen LogP contribution in [0.15, 0.2) is 18.2 Å². The van der Waals surface area contributed by atoms with Crippen molar-refractivity contribution in [1.29, 1.82) is 0 Å². The summed E-state index contributed by atoms with van der Waals surface area (Å²) in [6.45, 7) is 7.33. The first-order chi connectivity index (χ1) is 14.3. The van der Waals surface area contributed by atoms with Gasteiger partial charge in [-0.1, -0.05) is 11.6 Å². The van der Waals surface area contributed by atoms with Crippen molar-refractivity contribution in [3.05, 3.63) is 23.2 Å². The van der Waals surface area contributed by atoms with Crippen LogP contribution in [0.3, 0.4) is 0 Å². The summed E-state index contributed by atoms with van der Waals surface area (Å²) in [4.78, 5) is 40.7. The van der Waals surface area contributed by atoms with Crippen molar-refractivity contribution in [3.8, 4) is 0 Å². The topological polar surface area (TPSA) is 91.0 Å². The molecule has 8 nitrogen and oxygen atoms in total. The second kappa shape index (κ2) is 9.76. The molecule has 2 heterocycles. The summed E-state index contributed by atoms with van der Waals surface area (Å²) in [5, 5.41) is 5.82. The van der Waals surface area contributed by atoms with Gasteiger partial charge in [-0.2, -0.15) is 0 Å². The summed E-state index contributed by atoms with van der Waals surface area (Å²) in [5.41, 5.74) is 0.562. The molecule has 2 aliphatic rings. The van der Waals surface area contributed by atoms with E-state index in [1.165, 1.54) is 6.92 Å². The van der Waals surface area contributed by atoms with Crippen LogP contribution >= 0.6 is 11.6 Å². The highest BCUT2D eigenvalue weighted by molar-refractivity contribution is 6.34. The molecule has 30 heavy (non-hydrogen) atoms. The molecule has 9 heteroatoms. The highest BCUT2D eigenvalue weighted by Gasteiger charge is 2.41. The third-order valence-electron chi connectivity index (χ3n) is 5.52. The molecule has 2 saturated heterocycles. The zero-order chi connectivity index (χ0) is 21.7. The van der Waals surface area contributed by atoms with Crippen LogP contribution in [0.1, 0.15) is 26.7 Å². The number of carbonyl (C=O) groups excluding carboxylic acids is 3. The number of hydrogen-bond acceptors (Lipinski definition) is 5. The Morgan fingerprint density at radius 3 is 2.57 bits per heavy atom. The molecule has 0 unspecified atom stereocenters. The number of morpholine rings is 1. The molecule has 0 saturated carbocycles. The third kappa shape index (κ3) is 5.71. The quantitative estimate of drug-likeness (QED) is 0.738. The standard InChI is InChI=1S/C21H29ClN4O4/c1-15(27)23-16-4-5-18(17(22)12-16)24-19(28)13-25-7-3-6-21(2,14-25)20(29)26-8-10-30-11-9-26/h4-5,12H,3,6-11,13-14H2,1-2H3,(H,23,27)(H,24,28)/t21-/m0/s1. The Bertz CT molecular complexity index is 812. The minimum absolute atomic E-state index is 0.146. The highest BCUT2D eigenvalue weighted by atomic mass is 35.5. The zero-order valence-electron chi connectivity index (χ0n) is 17.5. The maximum Gasteiger partial charge on any atom is 0.238 e. The molecular weight excluding hydrogens is 408 g/mol. The number of piperidine rings is 1. The maximum absolute atomic E-state index is 13.0. The number of rotatable bonds is 5. The third-order valence-corrected chi connectivity index (χ3v) is 5.83. The zero-order valence-corrected chi connectivity index (χ0v) is 18.3. The van der Waals surface area contributed by atoms with Gasteiger partial charge in [0.25, 0.3) is 0 Å². The summed E-state index contributed by atoms with van der Waals surface area (Å²) in [6.07, 6.45) is 1.68. The maximum atomic E-state index is 13.0. The van der Waals surface area contributed by atoms with Gasteiger partial charge in [-0.05, 0) is 44.5 Å². The number of halogens is 1. The van der Waals surface area contributed by atoms with Crippen LogP contribution in [0, 0.1) is 5.41 Å². The van der Waals surface area contributed by atoms with Crippen molar-refractivity contribution in [2.45, 2.75) is 26.7 Å². The van der Waals surface area contributed by atoms with E-state index in [-0.39, 0.29) is 24.3 Å². The van der Waals surface area contributed by atoms with Crippen LogP contribution in [0.25, 0.3) is 0 Å². The number of anilines is 2. The van der Waals surface area contributed by atoms with E-state index >= 15 is 0 Å². The highest BCUT2D eigenvalue weighted by Crippen LogP contribution is 2.32. The predicted octanol–water partition coefficient (Wildman–Crippen LogP) is 2.20. The van der Waals surface area contributed by atoms with Crippen LogP contribution < -0.4 is 10.6 Å². The van der Waals surface area contributed by atoms with E-state index in [2.05, 4.69) is 10.6 Å². The van der Waals surface area contributed by atoms with E-state index in [1.54, 1.807) is 18.2 Å². The van der Waals surface area contributed by atoms with Crippen molar-refractivity contribution in [2.24, 2.45) is 5.41 Å². The molecular formula is C21H29ClN4O4. The van der Waals surface area contributed by atoms with E-state index in [0.29, 0.717) is 49.2 Å². The predicted molar refractivity (Wildman–Crippen MR) is 116 cm³/mol. The van der Waals surface area contributed by atoms with Crippen molar-refractivity contribution in [2.75, 3.05) is 56.6 Å². The van der Waals surface area contributed by atoms with Gasteiger partial charge in [0.05, 0.1) is 35.9 Å². The summed E-state index contributed by atoms with van der Waals surface area (Å²) >= 11 is 6.23. The van der Waals surface area contributed by atoms with Gasteiger partial charge in [-0.15, -0.1) is 0 Å². The molecule has 0 spiro atoms. The Balaban J connectivity index is 1.57. The smallest absolute Gasteiger partial charge is 0.238 e. The van der Waals surface area contributed by atoms with Gasteiger partial charge in [0.2, 0.25) is 17.7 Å². The van der Waals surface area contributed by atoms with Crippen molar-refractivity contribution >= 4 is 40.7 Å². The van der Waals surface area contributed by atoms with E-state index in [9.17, 15) is 14.4 Å². The molecule has 2 N–H and O–H groups in total.